The van der Waals surface area contributed by atoms with Gasteiger partial charge in [-0.1, -0.05) is 6.92 Å². The van der Waals surface area contributed by atoms with E-state index >= 15 is 0 Å². The molecule has 0 spiro atoms. The maximum atomic E-state index is 4.67. The third-order valence-corrected chi connectivity index (χ3v) is 4.40. The highest BCUT2D eigenvalue weighted by Crippen LogP contribution is 2.14. The minimum Gasteiger partial charge on any atom is -0.310 e. The molecule has 19 heavy (non-hydrogen) atoms. The second-order valence-corrected chi connectivity index (χ2v) is 6.44. The Morgan fingerprint density at radius 1 is 1.32 bits per heavy atom. The van der Waals surface area contributed by atoms with E-state index in [0.29, 0.717) is 0 Å². The molecule has 2 aromatic rings. The van der Waals surface area contributed by atoms with E-state index in [2.05, 4.69) is 51.4 Å². The summed E-state index contributed by atoms with van der Waals surface area (Å²) in [5.41, 5.74) is 2.56. The average molecular weight is 295 g/mol. The molecule has 0 aliphatic heterocycles. The monoisotopic (exact) mass is 295 g/mol. The third-order valence-electron chi connectivity index (χ3n) is 2.77. The minimum absolute atomic E-state index is 0.896. The summed E-state index contributed by atoms with van der Waals surface area (Å²) < 4.78 is 0. The Kier molecular flexibility index (Phi) is 5.97. The summed E-state index contributed by atoms with van der Waals surface area (Å²) in [5, 5.41) is 11.1. The fourth-order valence-electron chi connectivity index (χ4n) is 1.90. The normalized spacial score (nSPS) is 11.3. The van der Waals surface area contributed by atoms with Gasteiger partial charge in [-0.05, 0) is 42.4 Å². The van der Waals surface area contributed by atoms with Gasteiger partial charge in [0.1, 0.15) is 5.01 Å². The van der Waals surface area contributed by atoms with Crippen molar-refractivity contribution >= 4 is 22.7 Å². The number of thiazole rings is 1. The van der Waals surface area contributed by atoms with E-state index < -0.39 is 0 Å². The van der Waals surface area contributed by atoms with Crippen LogP contribution in [0.4, 0.5) is 0 Å². The Hall–Kier alpha value is -0.750. The smallest absolute Gasteiger partial charge is 0.107 e. The Morgan fingerprint density at radius 3 is 2.95 bits per heavy atom. The molecule has 0 aliphatic carbocycles. The summed E-state index contributed by atoms with van der Waals surface area (Å²) in [5.74, 6) is 0. The van der Waals surface area contributed by atoms with Crippen LogP contribution in [0.1, 0.15) is 29.6 Å². The van der Waals surface area contributed by atoms with Crippen molar-refractivity contribution in [3.63, 3.8) is 0 Å². The number of hydrogen-bond donors (Lipinski definition) is 1. The highest BCUT2D eigenvalue weighted by molar-refractivity contribution is 7.09. The molecule has 0 saturated heterocycles. The van der Waals surface area contributed by atoms with Crippen LogP contribution in [0.25, 0.3) is 0 Å². The molecule has 2 rings (SSSR count). The lowest BCUT2D eigenvalue weighted by Crippen LogP contribution is -2.17. The zero-order valence-electron chi connectivity index (χ0n) is 11.6. The van der Waals surface area contributed by atoms with Gasteiger partial charge in [0.2, 0.25) is 0 Å². The highest BCUT2D eigenvalue weighted by atomic mass is 32.1. The summed E-state index contributed by atoms with van der Waals surface area (Å²) in [4.78, 5) is 6.97. The van der Waals surface area contributed by atoms with Crippen LogP contribution in [0.3, 0.4) is 0 Å². The first kappa shape index (κ1) is 14.7. The standard InChI is InChI=1S/C14H21N3S2/c1-3-5-15-7-14-16-13(11-19-14)9-17(2)8-12-4-6-18-10-12/h4,6,10-11,15H,3,5,7-9H2,1-2H3. The minimum atomic E-state index is 0.896. The molecular formula is C14H21N3S2. The topological polar surface area (TPSA) is 28.2 Å². The van der Waals surface area contributed by atoms with E-state index in [0.717, 1.165) is 26.2 Å². The fourth-order valence-corrected chi connectivity index (χ4v) is 3.32. The molecule has 0 unspecified atom stereocenters. The van der Waals surface area contributed by atoms with E-state index in [9.17, 15) is 0 Å². The van der Waals surface area contributed by atoms with Gasteiger partial charge in [-0.3, -0.25) is 4.90 Å². The molecule has 5 heteroatoms. The van der Waals surface area contributed by atoms with Crippen LogP contribution in [0, 0.1) is 0 Å². The van der Waals surface area contributed by atoms with E-state index in [4.69, 9.17) is 0 Å². The van der Waals surface area contributed by atoms with Crippen molar-refractivity contribution in [1.82, 2.24) is 15.2 Å². The molecule has 0 aromatic carbocycles. The van der Waals surface area contributed by atoms with Gasteiger partial charge in [0.15, 0.2) is 0 Å². The molecule has 3 nitrogen and oxygen atoms in total. The Balaban J connectivity index is 1.78. The fraction of sp³-hybridized carbons (Fsp3) is 0.500. The molecule has 0 radical (unpaired) electrons. The van der Waals surface area contributed by atoms with Gasteiger partial charge in [-0.2, -0.15) is 11.3 Å². The van der Waals surface area contributed by atoms with Crippen molar-refractivity contribution in [3.8, 4) is 0 Å². The maximum absolute atomic E-state index is 4.67. The van der Waals surface area contributed by atoms with Gasteiger partial charge in [0.05, 0.1) is 5.69 Å². The molecule has 1 N–H and O–H groups in total. The zero-order valence-corrected chi connectivity index (χ0v) is 13.2. The van der Waals surface area contributed by atoms with E-state index in [1.165, 1.54) is 22.7 Å². The van der Waals surface area contributed by atoms with Gasteiger partial charge in [0.25, 0.3) is 0 Å². The molecule has 0 bridgehead atoms. The van der Waals surface area contributed by atoms with Gasteiger partial charge in [-0.25, -0.2) is 4.98 Å². The van der Waals surface area contributed by atoms with Crippen LogP contribution in [0.2, 0.25) is 0 Å². The van der Waals surface area contributed by atoms with Crippen molar-refractivity contribution in [2.45, 2.75) is 33.0 Å². The lowest BCUT2D eigenvalue weighted by atomic mass is 10.3. The van der Waals surface area contributed by atoms with Crippen molar-refractivity contribution < 1.29 is 0 Å². The van der Waals surface area contributed by atoms with Gasteiger partial charge < -0.3 is 5.32 Å². The molecule has 104 valence electrons. The van der Waals surface area contributed by atoms with Crippen LogP contribution < -0.4 is 5.32 Å². The van der Waals surface area contributed by atoms with E-state index in [1.807, 2.05) is 0 Å². The summed E-state index contributed by atoms with van der Waals surface area (Å²) in [6.07, 6.45) is 1.17. The van der Waals surface area contributed by atoms with Crippen LogP contribution in [-0.4, -0.2) is 23.5 Å². The molecule has 2 aromatic heterocycles. The lowest BCUT2D eigenvalue weighted by Gasteiger charge is -2.13. The van der Waals surface area contributed by atoms with Crippen molar-refractivity contribution in [2.75, 3.05) is 13.6 Å². The quantitative estimate of drug-likeness (QED) is 0.757. The molecule has 0 aliphatic rings. The molecule has 2 heterocycles. The van der Waals surface area contributed by atoms with Crippen LogP contribution >= 0.6 is 22.7 Å². The predicted molar refractivity (Wildman–Crippen MR) is 83.6 cm³/mol. The van der Waals surface area contributed by atoms with Gasteiger partial charge in [-0.15, -0.1) is 11.3 Å². The Bertz CT molecular complexity index is 465. The number of aromatic nitrogens is 1. The summed E-state index contributed by atoms with van der Waals surface area (Å²) in [6.45, 7) is 6.05. The Morgan fingerprint density at radius 2 is 2.21 bits per heavy atom. The third kappa shape index (κ3) is 5.03. The maximum Gasteiger partial charge on any atom is 0.107 e. The second-order valence-electron chi connectivity index (χ2n) is 4.71. The van der Waals surface area contributed by atoms with E-state index in [-0.39, 0.29) is 0 Å². The van der Waals surface area contributed by atoms with Gasteiger partial charge in [0, 0.05) is 25.0 Å². The summed E-state index contributed by atoms with van der Waals surface area (Å²) in [6, 6.07) is 2.18. The molecule has 0 amide bonds. The first-order valence-electron chi connectivity index (χ1n) is 6.61. The second kappa shape index (κ2) is 7.75. The highest BCUT2D eigenvalue weighted by Gasteiger charge is 2.06. The SMILES string of the molecule is CCCNCc1nc(CN(C)Cc2ccsc2)cs1. The largest absolute Gasteiger partial charge is 0.310 e. The first-order chi connectivity index (χ1) is 9.28. The lowest BCUT2D eigenvalue weighted by molar-refractivity contribution is 0.316. The van der Waals surface area contributed by atoms with Crippen molar-refractivity contribution in [1.29, 1.82) is 0 Å². The van der Waals surface area contributed by atoms with Crippen molar-refractivity contribution in [3.05, 3.63) is 38.5 Å². The Labute approximate surface area is 123 Å². The van der Waals surface area contributed by atoms with Gasteiger partial charge >= 0.3 is 0 Å². The molecule has 0 atom stereocenters. The first-order valence-corrected chi connectivity index (χ1v) is 8.43. The number of nitrogens with one attached hydrogen (secondary N) is 1. The summed E-state index contributed by atoms with van der Waals surface area (Å²) in [7, 11) is 2.14. The molecule has 0 fully saturated rings. The zero-order chi connectivity index (χ0) is 13.5. The number of hydrogen-bond acceptors (Lipinski definition) is 5. The number of nitrogens with zero attached hydrogens (tertiary/aromatic N) is 2. The number of thiophene rings is 1. The van der Waals surface area contributed by atoms with Crippen LogP contribution in [0.5, 0.6) is 0 Å². The summed E-state index contributed by atoms with van der Waals surface area (Å²) >= 11 is 3.51. The van der Waals surface area contributed by atoms with Crippen molar-refractivity contribution in [2.24, 2.45) is 0 Å². The van der Waals surface area contributed by atoms with Crippen LogP contribution in [-0.2, 0) is 19.6 Å². The average Bonchev–Trinajstić information content (AvgIpc) is 3.02. The molecule has 0 saturated carbocycles. The molecular weight excluding hydrogens is 274 g/mol. The predicted octanol–water partition coefficient (Wildman–Crippen LogP) is 3.34. The number of rotatable bonds is 8. The van der Waals surface area contributed by atoms with Crippen LogP contribution in [0.15, 0.2) is 22.2 Å². The van der Waals surface area contributed by atoms with E-state index in [1.54, 1.807) is 22.7 Å².